The normalized spacial score (nSPS) is 24.8. The fourth-order valence-electron chi connectivity index (χ4n) is 14.0. The third kappa shape index (κ3) is 12.3. The number of halogens is 1. The minimum absolute atomic E-state index is 0.00456. The highest BCUT2D eigenvalue weighted by atomic mass is 19.1. The number of amides is 5. The number of nitrogens with one attached hydrogen (secondary N) is 5. The van der Waals surface area contributed by atoms with E-state index in [4.69, 9.17) is 33.4 Å². The van der Waals surface area contributed by atoms with Crippen molar-refractivity contribution in [1.29, 1.82) is 0 Å². The van der Waals surface area contributed by atoms with Crippen molar-refractivity contribution in [1.82, 2.24) is 30.8 Å². The van der Waals surface area contributed by atoms with Gasteiger partial charge in [0.05, 0.1) is 67.9 Å². The van der Waals surface area contributed by atoms with Crippen molar-refractivity contribution in [2.24, 2.45) is 23.7 Å². The number of allylic oxidation sites excluding steroid dienone is 2. The van der Waals surface area contributed by atoms with E-state index < -0.39 is 59.1 Å². The van der Waals surface area contributed by atoms with Gasteiger partial charge in [0.1, 0.15) is 31.1 Å². The Labute approximate surface area is 494 Å². The number of aliphatic hydroxyl groups is 1. The quantitative estimate of drug-likeness (QED) is 0.0218. The lowest BCUT2D eigenvalue weighted by Gasteiger charge is -2.37. The number of benzene rings is 2. The predicted octanol–water partition coefficient (Wildman–Crippen LogP) is 8.07. The predicted molar refractivity (Wildman–Crippen MR) is 311 cm³/mol. The molecule has 4 aromatic rings. The Morgan fingerprint density at radius 1 is 0.882 bits per heavy atom. The summed E-state index contributed by atoms with van der Waals surface area (Å²) in [5.74, 6) is -2.71. The molecule has 7 aliphatic rings. The summed E-state index contributed by atoms with van der Waals surface area (Å²) < 4.78 is 52.3. The second kappa shape index (κ2) is 24.9. The molecule has 21 heteroatoms. The van der Waals surface area contributed by atoms with Gasteiger partial charge >= 0.3 is 12.2 Å². The van der Waals surface area contributed by atoms with E-state index in [0.29, 0.717) is 96.6 Å². The van der Waals surface area contributed by atoms with Crippen LogP contribution in [0.4, 0.5) is 19.7 Å². The van der Waals surface area contributed by atoms with Gasteiger partial charge in [0.15, 0.2) is 11.6 Å². The van der Waals surface area contributed by atoms with Crippen molar-refractivity contribution in [2.75, 3.05) is 44.9 Å². The second-order valence-electron chi connectivity index (χ2n) is 24.6. The highest BCUT2D eigenvalue weighted by Gasteiger charge is 2.71. The van der Waals surface area contributed by atoms with Gasteiger partial charge in [0.25, 0.3) is 5.56 Å². The molecule has 5 aliphatic carbocycles. The van der Waals surface area contributed by atoms with Crippen molar-refractivity contribution >= 4 is 46.5 Å². The van der Waals surface area contributed by atoms with Crippen LogP contribution in [-0.4, -0.2) is 108 Å². The number of hydrogen-bond donors (Lipinski definition) is 6. The van der Waals surface area contributed by atoms with E-state index in [2.05, 4.69) is 38.7 Å². The molecule has 0 radical (unpaired) electrons. The summed E-state index contributed by atoms with van der Waals surface area (Å²) in [5, 5.41) is 26.0. The van der Waals surface area contributed by atoms with Gasteiger partial charge in [-0.05, 0) is 141 Å². The summed E-state index contributed by atoms with van der Waals surface area (Å²) >= 11 is 0. The average molecular weight is 1170 g/mol. The molecule has 2 aromatic heterocycles. The molecule has 0 spiro atoms. The van der Waals surface area contributed by atoms with Crippen LogP contribution < -0.4 is 32.1 Å². The number of fused-ring (bicyclic) bond motifs is 8. The summed E-state index contributed by atoms with van der Waals surface area (Å²) in [4.78, 5) is 85.0. The van der Waals surface area contributed by atoms with Gasteiger partial charge in [0.2, 0.25) is 17.7 Å². The Hall–Kier alpha value is -6.78. The Kier molecular flexibility index (Phi) is 17.6. The van der Waals surface area contributed by atoms with Crippen LogP contribution in [0.25, 0.3) is 22.3 Å². The van der Waals surface area contributed by atoms with Crippen molar-refractivity contribution in [3.63, 3.8) is 0 Å². The molecule has 2 aliphatic heterocycles. The molecule has 1 unspecified atom stereocenters. The number of hydrogen-bond acceptors (Lipinski definition) is 14. The number of carbonyl (C=O) groups is 5. The first-order chi connectivity index (χ1) is 40.9. The van der Waals surface area contributed by atoms with Crippen LogP contribution in [0.1, 0.15) is 150 Å². The van der Waals surface area contributed by atoms with E-state index in [9.17, 15) is 33.9 Å². The molecule has 6 N–H and O–H groups in total. The summed E-state index contributed by atoms with van der Waals surface area (Å²) in [6, 6.07) is 8.05. The van der Waals surface area contributed by atoms with Gasteiger partial charge in [-0.3, -0.25) is 19.2 Å². The molecule has 5 amide bonds. The van der Waals surface area contributed by atoms with Gasteiger partial charge in [-0.1, -0.05) is 51.5 Å². The van der Waals surface area contributed by atoms with Gasteiger partial charge in [-0.25, -0.2) is 19.0 Å². The number of carbonyl (C=O) groups excluding carboxylic acids is 5. The number of anilines is 1. The minimum atomic E-state index is -1.32. The van der Waals surface area contributed by atoms with E-state index >= 15 is 4.39 Å². The molecule has 3 saturated carbocycles. The van der Waals surface area contributed by atoms with Gasteiger partial charge in [-0.15, -0.1) is 0 Å². The zero-order valence-electron chi connectivity index (χ0n) is 49.3. The average Bonchev–Trinajstić information content (AvgIpc) is 1.56. The fourth-order valence-corrected chi connectivity index (χ4v) is 14.0. The molecule has 8 atom stereocenters. The molecule has 11 rings (SSSR count). The van der Waals surface area contributed by atoms with Gasteiger partial charge < -0.3 is 64.7 Å². The molecule has 0 saturated heterocycles. The molecule has 456 valence electrons. The standard InChI is InChI=1S/C64H80FN7O13/c1-6-62-35-64(62,79)85-33-46-47(62)28-51-56-44(30-72(51)59(46)76)54-49(21-20-41-37(4)48(65)29-50(70-56)53(41)54)69-52(73)34-84-63(22-12-9-13-23-63)83-31-39-16-18-40(19-17-39)68-57(74)38(5)67-58(75)55(36(2)3)71-61(78)81-27-26-80-25-24-66-60(77)82-32-45-42-14-10-7-8-11-15-43(42)45/h7-8,16-19,28-29,36,38,42-43,45,49,55,79H,6,9-15,20-27,30-35H2,1-5H3,(H,66,77)(H,67,75)(H,68,74)(H,69,73)(H,71,78)/b8-7-/t38-,42-,43+,45-,49?,55-,62-,64-/m0/s1. The first kappa shape index (κ1) is 59.9. The van der Waals surface area contributed by atoms with E-state index in [1.54, 1.807) is 44.4 Å². The molecule has 85 heavy (non-hydrogen) atoms. The lowest BCUT2D eigenvalue weighted by atomic mass is 9.81. The third-order valence-corrected chi connectivity index (χ3v) is 19.0. The topological polar surface area (TPSA) is 256 Å². The molecule has 3 fully saturated rings. The van der Waals surface area contributed by atoms with Crippen molar-refractivity contribution < 1.29 is 61.9 Å². The van der Waals surface area contributed by atoms with Gasteiger partial charge in [-0.2, -0.15) is 0 Å². The van der Waals surface area contributed by atoms with Crippen molar-refractivity contribution in [3.05, 3.63) is 104 Å². The first-order valence-corrected chi connectivity index (χ1v) is 30.5. The summed E-state index contributed by atoms with van der Waals surface area (Å²) in [7, 11) is 0. The number of aryl methyl sites for hydroxylation is 1. The van der Waals surface area contributed by atoms with Gasteiger partial charge in [0, 0.05) is 54.1 Å². The maximum atomic E-state index is 15.6. The Balaban J connectivity index is 0.635. The Morgan fingerprint density at radius 3 is 2.36 bits per heavy atom. The minimum Gasteiger partial charge on any atom is -0.449 e. The smallest absolute Gasteiger partial charge is 0.407 e. The Bertz CT molecular complexity index is 3310. The van der Waals surface area contributed by atoms with E-state index in [-0.39, 0.29) is 75.9 Å². The molecule has 20 nitrogen and oxygen atoms in total. The van der Waals surface area contributed by atoms with E-state index in [1.807, 2.05) is 25.1 Å². The largest absolute Gasteiger partial charge is 0.449 e. The zero-order chi connectivity index (χ0) is 59.8. The summed E-state index contributed by atoms with van der Waals surface area (Å²) in [5.41, 5.74) is 6.33. The molecule has 0 bridgehead atoms. The third-order valence-electron chi connectivity index (χ3n) is 19.0. The van der Waals surface area contributed by atoms with Crippen LogP contribution in [0.2, 0.25) is 0 Å². The second-order valence-corrected chi connectivity index (χ2v) is 24.6. The molecule has 2 aromatic carbocycles. The maximum Gasteiger partial charge on any atom is 0.407 e. The maximum absolute atomic E-state index is 15.6. The highest BCUT2D eigenvalue weighted by Crippen LogP contribution is 2.64. The van der Waals surface area contributed by atoms with E-state index in [0.717, 1.165) is 78.1 Å². The molecular formula is C64H80FN7O13. The summed E-state index contributed by atoms with van der Waals surface area (Å²) in [6.07, 6.45) is 13.5. The summed E-state index contributed by atoms with van der Waals surface area (Å²) in [6.45, 7) is 9.76. The van der Waals surface area contributed by atoms with Crippen LogP contribution in [0, 0.1) is 36.4 Å². The number of ether oxygens (including phenoxy) is 6. The van der Waals surface area contributed by atoms with Crippen LogP contribution in [-0.2, 0) is 74.4 Å². The zero-order valence-corrected chi connectivity index (χ0v) is 49.3. The number of aromatic nitrogens is 2. The van der Waals surface area contributed by atoms with Crippen LogP contribution >= 0.6 is 0 Å². The SMILES string of the molecule is CC[C@@]12C[C@]1(O)OCc1c2cc2n(c1=O)Cc1c-2nc2cc(F)c(C)c3c2c1C(NC(=O)COC1(OCc2ccc(NC(=O)[C@H](C)NC(=O)[C@@H](NC(=O)OCCOCCNC(=O)OC[C@@H]4[C@@H]5CC/C=C\CC[C@@H]54)C(C)C)cc2)CCCCC1)CC3. The molecular weight excluding hydrogens is 1090 g/mol. The molecule has 4 heterocycles. The number of pyridine rings is 2. The van der Waals surface area contributed by atoms with Crippen LogP contribution in [0.3, 0.4) is 0 Å². The van der Waals surface area contributed by atoms with Crippen LogP contribution in [0.15, 0.2) is 53.3 Å². The fraction of sp³-hybridized carbons (Fsp3) is 0.578. The Morgan fingerprint density at radius 2 is 1.64 bits per heavy atom. The van der Waals surface area contributed by atoms with Crippen molar-refractivity contribution in [3.8, 4) is 11.4 Å². The van der Waals surface area contributed by atoms with E-state index in [1.165, 1.54) is 6.07 Å². The number of alkyl carbamates (subject to hydrolysis) is 2. The first-order valence-electron chi connectivity index (χ1n) is 30.5. The lowest BCUT2D eigenvalue weighted by molar-refractivity contribution is -0.256. The van der Waals surface area contributed by atoms with Crippen molar-refractivity contribution in [2.45, 2.75) is 173 Å². The van der Waals surface area contributed by atoms with Crippen LogP contribution in [0.5, 0.6) is 0 Å². The number of nitrogens with zero attached hydrogens (tertiary/aromatic N) is 2. The lowest BCUT2D eigenvalue weighted by Crippen LogP contribution is -2.53. The highest BCUT2D eigenvalue weighted by molar-refractivity contribution is 5.98. The number of rotatable bonds is 22. The monoisotopic (exact) mass is 1170 g/mol.